The topological polar surface area (TPSA) is 17.1 Å². The van der Waals surface area contributed by atoms with Crippen LogP contribution in [0.3, 0.4) is 0 Å². The molecule has 0 N–H and O–H groups in total. The third-order valence-corrected chi connectivity index (χ3v) is 5.40. The van der Waals surface area contributed by atoms with Gasteiger partial charge < -0.3 is 0 Å². The minimum absolute atomic E-state index is 0.172. The van der Waals surface area contributed by atoms with Gasteiger partial charge in [-0.15, -0.1) is 22.7 Å². The third kappa shape index (κ3) is 2.78. The lowest BCUT2D eigenvalue weighted by Gasteiger charge is -1.95. The smallest absolute Gasteiger partial charge is 0.179 e. The lowest BCUT2D eigenvalue weighted by molar-refractivity contribution is 0.0997. The van der Waals surface area contributed by atoms with Gasteiger partial charge in [-0.3, -0.25) is 4.79 Å². The van der Waals surface area contributed by atoms with Crippen molar-refractivity contribution in [3.63, 3.8) is 0 Å². The number of halogens is 2. The van der Waals surface area contributed by atoms with Crippen LogP contribution in [0.15, 0.2) is 31.8 Å². The Morgan fingerprint density at radius 3 is 2.67 bits per heavy atom. The summed E-state index contributed by atoms with van der Waals surface area (Å²) < 4.78 is 1.94. The molecule has 15 heavy (non-hydrogen) atoms. The van der Waals surface area contributed by atoms with Gasteiger partial charge in [0.1, 0.15) is 0 Å². The first kappa shape index (κ1) is 11.5. The molecule has 0 radical (unpaired) electrons. The highest BCUT2D eigenvalue weighted by Gasteiger charge is 2.13. The Balaban J connectivity index is 2.14. The van der Waals surface area contributed by atoms with Crippen LogP contribution in [-0.4, -0.2) is 5.78 Å². The Kier molecular flexibility index (Phi) is 3.77. The number of hydrogen-bond acceptors (Lipinski definition) is 3. The maximum Gasteiger partial charge on any atom is 0.179 e. The molecule has 0 bridgehead atoms. The van der Waals surface area contributed by atoms with Crippen LogP contribution in [0, 0.1) is 0 Å². The van der Waals surface area contributed by atoms with E-state index < -0.39 is 0 Å². The van der Waals surface area contributed by atoms with E-state index in [1.165, 1.54) is 11.3 Å². The van der Waals surface area contributed by atoms with E-state index in [2.05, 4.69) is 31.9 Å². The second-order valence-electron chi connectivity index (χ2n) is 2.93. The van der Waals surface area contributed by atoms with Gasteiger partial charge in [0.2, 0.25) is 0 Å². The minimum atomic E-state index is 0.172. The highest BCUT2D eigenvalue weighted by atomic mass is 79.9. The van der Waals surface area contributed by atoms with E-state index in [0.29, 0.717) is 6.42 Å². The Bertz CT molecular complexity index is 487. The number of carbonyl (C=O) groups excluding carboxylic acids is 1. The summed E-state index contributed by atoms with van der Waals surface area (Å²) in [5, 5.41) is 3.91. The average Bonchev–Trinajstić information content (AvgIpc) is 2.75. The highest BCUT2D eigenvalue weighted by Crippen LogP contribution is 2.26. The summed E-state index contributed by atoms with van der Waals surface area (Å²) in [5.41, 5.74) is 0. The van der Waals surface area contributed by atoms with Gasteiger partial charge in [-0.25, -0.2) is 0 Å². The molecule has 2 heterocycles. The predicted octanol–water partition coefficient (Wildman–Crippen LogP) is 4.76. The maximum atomic E-state index is 11.9. The standard InChI is InChI=1S/C10H6Br2OS2/c11-6-3-7(15-5-6)4-9(13)10-8(12)1-2-14-10/h1-3,5H,4H2. The van der Waals surface area contributed by atoms with Gasteiger partial charge in [0.05, 0.1) is 4.88 Å². The summed E-state index contributed by atoms with van der Waals surface area (Å²) in [4.78, 5) is 13.8. The third-order valence-electron chi connectivity index (χ3n) is 1.83. The van der Waals surface area contributed by atoms with Crippen LogP contribution in [0.4, 0.5) is 0 Å². The summed E-state index contributed by atoms with van der Waals surface area (Å²) in [6.45, 7) is 0. The Hall–Kier alpha value is 0.0300. The van der Waals surface area contributed by atoms with Crippen molar-refractivity contribution < 1.29 is 4.79 Å². The number of Topliss-reactive ketones (excluding diaryl/α,β-unsaturated/α-hetero) is 1. The van der Waals surface area contributed by atoms with Gasteiger partial charge in [-0.1, -0.05) is 0 Å². The normalized spacial score (nSPS) is 10.5. The van der Waals surface area contributed by atoms with Crippen molar-refractivity contribution in [1.82, 2.24) is 0 Å². The molecule has 0 saturated heterocycles. The first-order chi connectivity index (χ1) is 7.16. The monoisotopic (exact) mass is 364 g/mol. The molecule has 2 aromatic rings. The molecule has 0 spiro atoms. The molecule has 78 valence electrons. The number of thiophene rings is 2. The number of carbonyl (C=O) groups is 1. The van der Waals surface area contributed by atoms with E-state index in [1.54, 1.807) is 11.3 Å². The van der Waals surface area contributed by atoms with Gasteiger partial charge in [0.25, 0.3) is 0 Å². The van der Waals surface area contributed by atoms with Crippen LogP contribution in [0.5, 0.6) is 0 Å². The summed E-state index contributed by atoms with van der Waals surface area (Å²) in [5.74, 6) is 0.172. The van der Waals surface area contributed by atoms with E-state index in [4.69, 9.17) is 0 Å². The van der Waals surface area contributed by atoms with Gasteiger partial charge in [-0.2, -0.15) is 0 Å². The van der Waals surface area contributed by atoms with E-state index in [-0.39, 0.29) is 5.78 Å². The van der Waals surface area contributed by atoms with E-state index in [9.17, 15) is 4.79 Å². The van der Waals surface area contributed by atoms with Crippen LogP contribution in [0.1, 0.15) is 14.5 Å². The second-order valence-corrected chi connectivity index (χ2v) is 6.61. The number of rotatable bonds is 3. The zero-order valence-corrected chi connectivity index (χ0v) is 12.3. The maximum absolute atomic E-state index is 11.9. The van der Waals surface area contributed by atoms with Crippen LogP contribution in [0.2, 0.25) is 0 Å². The van der Waals surface area contributed by atoms with E-state index >= 15 is 0 Å². The molecule has 0 unspecified atom stereocenters. The molecule has 0 fully saturated rings. The van der Waals surface area contributed by atoms with E-state index in [1.807, 2.05) is 22.9 Å². The van der Waals surface area contributed by atoms with Gasteiger partial charge >= 0.3 is 0 Å². The fourth-order valence-electron chi connectivity index (χ4n) is 1.18. The molecular weight excluding hydrogens is 360 g/mol. The molecule has 0 aliphatic heterocycles. The van der Waals surface area contributed by atoms with Gasteiger partial charge in [0.15, 0.2) is 5.78 Å². The van der Waals surface area contributed by atoms with Crippen LogP contribution in [0.25, 0.3) is 0 Å². The Morgan fingerprint density at radius 2 is 2.13 bits per heavy atom. The van der Waals surface area contributed by atoms with Crippen molar-refractivity contribution in [2.45, 2.75) is 6.42 Å². The molecule has 0 aliphatic rings. The van der Waals surface area contributed by atoms with Crippen LogP contribution in [-0.2, 0) is 6.42 Å². The fraction of sp³-hybridized carbons (Fsp3) is 0.100. The number of hydrogen-bond donors (Lipinski definition) is 0. The molecule has 0 saturated carbocycles. The summed E-state index contributed by atoms with van der Waals surface area (Å²) in [6, 6.07) is 3.90. The molecular formula is C10H6Br2OS2. The molecule has 5 heteroatoms. The van der Waals surface area contributed by atoms with Crippen molar-refractivity contribution in [2.75, 3.05) is 0 Å². The molecule has 0 atom stereocenters. The van der Waals surface area contributed by atoms with Crippen molar-refractivity contribution in [3.05, 3.63) is 41.6 Å². The predicted molar refractivity (Wildman–Crippen MR) is 72.1 cm³/mol. The average molecular weight is 366 g/mol. The van der Waals surface area contributed by atoms with Crippen molar-refractivity contribution in [1.29, 1.82) is 0 Å². The first-order valence-corrected chi connectivity index (χ1v) is 7.50. The Morgan fingerprint density at radius 1 is 1.33 bits per heavy atom. The largest absolute Gasteiger partial charge is 0.293 e. The van der Waals surface area contributed by atoms with Crippen molar-refractivity contribution in [2.24, 2.45) is 0 Å². The zero-order chi connectivity index (χ0) is 10.8. The fourth-order valence-corrected chi connectivity index (χ4v) is 4.16. The van der Waals surface area contributed by atoms with Crippen molar-refractivity contribution >= 4 is 60.3 Å². The molecule has 0 amide bonds. The lowest BCUT2D eigenvalue weighted by atomic mass is 10.2. The molecule has 0 aromatic carbocycles. The Labute approximate surface area is 112 Å². The zero-order valence-electron chi connectivity index (χ0n) is 7.50. The summed E-state index contributed by atoms with van der Waals surface area (Å²) in [7, 11) is 0. The molecule has 1 nitrogen and oxygen atoms in total. The molecule has 2 rings (SSSR count). The highest BCUT2D eigenvalue weighted by molar-refractivity contribution is 9.10. The molecule has 0 aliphatic carbocycles. The SMILES string of the molecule is O=C(Cc1cc(Br)cs1)c1sccc1Br. The number of ketones is 1. The van der Waals surface area contributed by atoms with Crippen LogP contribution < -0.4 is 0 Å². The second kappa shape index (κ2) is 4.91. The lowest BCUT2D eigenvalue weighted by Crippen LogP contribution is -1.99. The van der Waals surface area contributed by atoms with Gasteiger partial charge in [0, 0.05) is 25.6 Å². The van der Waals surface area contributed by atoms with E-state index in [0.717, 1.165) is 18.7 Å². The van der Waals surface area contributed by atoms with Crippen molar-refractivity contribution in [3.8, 4) is 0 Å². The minimum Gasteiger partial charge on any atom is -0.293 e. The van der Waals surface area contributed by atoms with Crippen LogP contribution >= 0.6 is 54.5 Å². The molecule has 2 aromatic heterocycles. The van der Waals surface area contributed by atoms with Gasteiger partial charge in [-0.05, 0) is 49.4 Å². The summed E-state index contributed by atoms with van der Waals surface area (Å²) >= 11 is 9.83. The summed E-state index contributed by atoms with van der Waals surface area (Å²) in [6.07, 6.45) is 0.482. The first-order valence-electron chi connectivity index (χ1n) is 4.16. The quantitative estimate of drug-likeness (QED) is 0.716.